The van der Waals surface area contributed by atoms with Crippen molar-refractivity contribution in [1.29, 1.82) is 0 Å². The van der Waals surface area contributed by atoms with Gasteiger partial charge in [0.15, 0.2) is 6.10 Å². The monoisotopic (exact) mass is 498 g/mol. The van der Waals surface area contributed by atoms with Crippen LogP contribution in [0.1, 0.15) is 162 Å². The molecule has 0 aromatic carbocycles. The third kappa shape index (κ3) is 25.8. The Morgan fingerprint density at radius 3 is 1.29 bits per heavy atom. The number of carbonyl (C=O) groups is 2. The van der Waals surface area contributed by atoms with Crippen LogP contribution >= 0.6 is 0 Å². The zero-order chi connectivity index (χ0) is 25.8. The number of aliphatic hydroxyl groups excluding tert-OH is 1. The molecule has 5 heteroatoms. The molecule has 35 heavy (non-hydrogen) atoms. The summed E-state index contributed by atoms with van der Waals surface area (Å²) in [5.74, 6) is -0.682. The van der Waals surface area contributed by atoms with Crippen molar-refractivity contribution in [2.75, 3.05) is 13.2 Å². The lowest BCUT2D eigenvalue weighted by atomic mass is 10.0. The lowest BCUT2D eigenvalue weighted by Crippen LogP contribution is -2.28. The highest BCUT2D eigenvalue weighted by molar-refractivity contribution is 5.70. The zero-order valence-corrected chi connectivity index (χ0v) is 23.3. The molecule has 0 heterocycles. The van der Waals surface area contributed by atoms with Crippen molar-refractivity contribution in [2.24, 2.45) is 0 Å². The Hall–Kier alpha value is -1.10. The van der Waals surface area contributed by atoms with Crippen molar-refractivity contribution in [1.82, 2.24) is 0 Å². The molecule has 0 fully saturated rings. The Kier molecular flexibility index (Phi) is 26.6. The molecule has 0 spiro atoms. The SMILES string of the molecule is CCCCCCCCCCCCCCCCCCCCCCCC(=O)OC(CO)COC(=O)CC. The Morgan fingerprint density at radius 1 is 0.571 bits per heavy atom. The van der Waals surface area contributed by atoms with Crippen molar-refractivity contribution in [2.45, 2.75) is 168 Å². The number of unbranched alkanes of at least 4 members (excludes halogenated alkanes) is 20. The predicted octanol–water partition coefficient (Wildman–Crippen LogP) is 8.45. The molecular weight excluding hydrogens is 440 g/mol. The Bertz CT molecular complexity index is 466. The van der Waals surface area contributed by atoms with Gasteiger partial charge >= 0.3 is 11.9 Å². The van der Waals surface area contributed by atoms with Gasteiger partial charge in [-0.2, -0.15) is 0 Å². The molecule has 0 saturated heterocycles. The lowest BCUT2D eigenvalue weighted by molar-refractivity contribution is -0.161. The van der Waals surface area contributed by atoms with Crippen molar-refractivity contribution in [3.8, 4) is 0 Å². The summed E-state index contributed by atoms with van der Waals surface area (Å²) in [5.41, 5.74) is 0. The molecule has 0 rings (SSSR count). The predicted molar refractivity (Wildman–Crippen MR) is 145 cm³/mol. The highest BCUT2D eigenvalue weighted by atomic mass is 16.6. The van der Waals surface area contributed by atoms with Crippen LogP contribution in [0.3, 0.4) is 0 Å². The average molecular weight is 499 g/mol. The van der Waals surface area contributed by atoms with E-state index in [-0.39, 0.29) is 31.6 Å². The quantitative estimate of drug-likeness (QED) is 0.0908. The van der Waals surface area contributed by atoms with E-state index in [9.17, 15) is 14.7 Å². The van der Waals surface area contributed by atoms with E-state index >= 15 is 0 Å². The molecule has 0 aliphatic carbocycles. The van der Waals surface area contributed by atoms with Crippen LogP contribution in [-0.4, -0.2) is 36.4 Å². The maximum atomic E-state index is 11.9. The number of hydrogen-bond donors (Lipinski definition) is 1. The second kappa shape index (κ2) is 27.5. The normalized spacial score (nSPS) is 12.0. The van der Waals surface area contributed by atoms with Crippen molar-refractivity contribution >= 4 is 11.9 Å². The van der Waals surface area contributed by atoms with E-state index in [2.05, 4.69) is 6.92 Å². The molecule has 1 unspecified atom stereocenters. The average Bonchev–Trinajstić information content (AvgIpc) is 2.87. The highest BCUT2D eigenvalue weighted by Gasteiger charge is 2.15. The standard InChI is InChI=1S/C30H58O5/c1-3-5-6-7-8-9-10-11-12-13-14-15-16-17-18-19-20-21-22-23-24-25-30(33)35-28(26-31)27-34-29(32)4-2/h28,31H,3-27H2,1-2H3. The van der Waals surface area contributed by atoms with Gasteiger partial charge in [0, 0.05) is 12.8 Å². The topological polar surface area (TPSA) is 72.8 Å². The van der Waals surface area contributed by atoms with E-state index in [1.165, 1.54) is 116 Å². The van der Waals surface area contributed by atoms with Crippen LogP contribution in [0.25, 0.3) is 0 Å². The number of rotatable bonds is 27. The van der Waals surface area contributed by atoms with Gasteiger partial charge in [-0.05, 0) is 6.42 Å². The molecule has 1 atom stereocenters. The molecule has 0 amide bonds. The van der Waals surface area contributed by atoms with Crippen molar-refractivity contribution < 1.29 is 24.2 Å². The summed E-state index contributed by atoms with van der Waals surface area (Å²) < 4.78 is 10.1. The van der Waals surface area contributed by atoms with Gasteiger partial charge in [0.05, 0.1) is 6.61 Å². The summed E-state index contributed by atoms with van der Waals surface area (Å²) in [5, 5.41) is 9.24. The minimum atomic E-state index is -0.757. The molecule has 208 valence electrons. The third-order valence-corrected chi connectivity index (χ3v) is 6.71. The summed E-state index contributed by atoms with van der Waals surface area (Å²) in [7, 11) is 0. The zero-order valence-electron chi connectivity index (χ0n) is 23.3. The maximum absolute atomic E-state index is 11.9. The molecule has 0 aromatic rings. The molecular formula is C30H58O5. The van der Waals surface area contributed by atoms with Crippen LogP contribution < -0.4 is 0 Å². The van der Waals surface area contributed by atoms with Gasteiger partial charge in [-0.1, -0.05) is 142 Å². The summed E-state index contributed by atoms with van der Waals surface area (Å²) in [6, 6.07) is 0. The second-order valence-corrected chi connectivity index (χ2v) is 10.2. The summed E-state index contributed by atoms with van der Waals surface area (Å²) in [6.07, 6.45) is 27.9. The summed E-state index contributed by atoms with van der Waals surface area (Å²) >= 11 is 0. The van der Waals surface area contributed by atoms with E-state index in [4.69, 9.17) is 9.47 Å². The maximum Gasteiger partial charge on any atom is 0.306 e. The van der Waals surface area contributed by atoms with Crippen LogP contribution in [0.15, 0.2) is 0 Å². The fraction of sp³-hybridized carbons (Fsp3) is 0.933. The Morgan fingerprint density at radius 2 is 0.943 bits per heavy atom. The van der Waals surface area contributed by atoms with Gasteiger partial charge in [-0.25, -0.2) is 0 Å². The van der Waals surface area contributed by atoms with Crippen LogP contribution in [0.2, 0.25) is 0 Å². The number of hydrogen-bond acceptors (Lipinski definition) is 5. The van der Waals surface area contributed by atoms with Crippen LogP contribution in [0, 0.1) is 0 Å². The fourth-order valence-electron chi connectivity index (χ4n) is 4.36. The molecule has 0 radical (unpaired) electrons. The largest absolute Gasteiger partial charge is 0.462 e. The Labute approximate surface area is 217 Å². The van der Waals surface area contributed by atoms with Gasteiger partial charge < -0.3 is 14.6 Å². The molecule has 0 saturated carbocycles. The highest BCUT2D eigenvalue weighted by Crippen LogP contribution is 2.15. The molecule has 0 aliphatic heterocycles. The van der Waals surface area contributed by atoms with E-state index in [1.54, 1.807) is 6.92 Å². The number of aliphatic hydroxyl groups is 1. The van der Waals surface area contributed by atoms with E-state index in [0.29, 0.717) is 6.42 Å². The van der Waals surface area contributed by atoms with Crippen LogP contribution in [0.4, 0.5) is 0 Å². The van der Waals surface area contributed by atoms with Gasteiger partial charge in [-0.15, -0.1) is 0 Å². The van der Waals surface area contributed by atoms with E-state index < -0.39 is 6.10 Å². The lowest BCUT2D eigenvalue weighted by Gasteiger charge is -2.15. The minimum absolute atomic E-state index is 0.0752. The first-order chi connectivity index (χ1) is 17.1. The van der Waals surface area contributed by atoms with Crippen LogP contribution in [-0.2, 0) is 19.1 Å². The molecule has 0 aliphatic rings. The number of esters is 2. The van der Waals surface area contributed by atoms with E-state index in [0.717, 1.165) is 19.3 Å². The number of carbonyl (C=O) groups excluding carboxylic acids is 2. The summed E-state index contributed by atoms with van der Waals surface area (Å²) in [4.78, 5) is 23.0. The minimum Gasteiger partial charge on any atom is -0.462 e. The summed E-state index contributed by atoms with van der Waals surface area (Å²) in [6.45, 7) is 3.57. The van der Waals surface area contributed by atoms with E-state index in [1.807, 2.05) is 0 Å². The van der Waals surface area contributed by atoms with Gasteiger partial charge in [0.2, 0.25) is 0 Å². The third-order valence-electron chi connectivity index (χ3n) is 6.71. The first-order valence-electron chi connectivity index (χ1n) is 15.1. The van der Waals surface area contributed by atoms with Crippen molar-refractivity contribution in [3.63, 3.8) is 0 Å². The molecule has 1 N–H and O–H groups in total. The van der Waals surface area contributed by atoms with Gasteiger partial charge in [0.1, 0.15) is 6.61 Å². The van der Waals surface area contributed by atoms with Crippen LogP contribution in [0.5, 0.6) is 0 Å². The first-order valence-corrected chi connectivity index (χ1v) is 15.1. The first kappa shape index (κ1) is 33.9. The molecule has 5 nitrogen and oxygen atoms in total. The van der Waals surface area contributed by atoms with Gasteiger partial charge in [-0.3, -0.25) is 9.59 Å². The smallest absolute Gasteiger partial charge is 0.306 e. The van der Waals surface area contributed by atoms with Gasteiger partial charge in [0.25, 0.3) is 0 Å². The van der Waals surface area contributed by atoms with Crippen molar-refractivity contribution in [3.05, 3.63) is 0 Å². The second-order valence-electron chi connectivity index (χ2n) is 10.2. The molecule has 0 aromatic heterocycles. The molecule has 0 bridgehead atoms. The Balaban J connectivity index is 3.29. The number of ether oxygens (including phenoxy) is 2. The fourth-order valence-corrected chi connectivity index (χ4v) is 4.36.